The molecule has 20 heavy (non-hydrogen) atoms. The van der Waals surface area contributed by atoms with Crippen LogP contribution in [-0.2, 0) is 4.79 Å². The molecule has 0 heterocycles. The van der Waals surface area contributed by atoms with Crippen LogP contribution in [0.5, 0.6) is 5.75 Å². The Morgan fingerprint density at radius 1 is 1.15 bits per heavy atom. The van der Waals surface area contributed by atoms with Gasteiger partial charge in [0.05, 0.1) is 6.61 Å². The van der Waals surface area contributed by atoms with Gasteiger partial charge < -0.3 is 14.9 Å². The topological polar surface area (TPSA) is 101 Å². The summed E-state index contributed by atoms with van der Waals surface area (Å²) in [5, 5.41) is 17.6. The number of hydrogen-bond donors (Lipinski definition) is 2. The highest BCUT2D eigenvalue weighted by Gasteiger charge is 2.15. The van der Waals surface area contributed by atoms with Gasteiger partial charge in [0.25, 0.3) is 0 Å². The van der Waals surface area contributed by atoms with Crippen molar-refractivity contribution in [3.05, 3.63) is 29.3 Å². The number of ether oxygens (including phenoxy) is 1. The number of aromatic carboxylic acids is 1. The van der Waals surface area contributed by atoms with Crippen molar-refractivity contribution in [1.82, 2.24) is 0 Å². The van der Waals surface area contributed by atoms with Gasteiger partial charge in [-0.2, -0.15) is 0 Å². The molecule has 0 aliphatic rings. The fourth-order valence-electron chi connectivity index (χ4n) is 1.70. The highest BCUT2D eigenvalue weighted by Crippen LogP contribution is 2.21. The van der Waals surface area contributed by atoms with Crippen LogP contribution in [0.2, 0.25) is 0 Å². The summed E-state index contributed by atoms with van der Waals surface area (Å²) in [6.45, 7) is 2.06. The minimum Gasteiger partial charge on any atom is -0.493 e. The average Bonchev–Trinajstić information content (AvgIpc) is 2.38. The van der Waals surface area contributed by atoms with Crippen LogP contribution in [0.3, 0.4) is 0 Å². The Hall–Kier alpha value is -2.37. The van der Waals surface area contributed by atoms with Gasteiger partial charge in [-0.3, -0.25) is 9.59 Å². The van der Waals surface area contributed by atoms with E-state index >= 15 is 0 Å². The fourth-order valence-corrected chi connectivity index (χ4v) is 1.70. The predicted molar refractivity (Wildman–Crippen MR) is 70.4 cm³/mol. The molecule has 6 heteroatoms. The van der Waals surface area contributed by atoms with Gasteiger partial charge in [-0.05, 0) is 31.5 Å². The van der Waals surface area contributed by atoms with Crippen molar-refractivity contribution in [3.8, 4) is 5.75 Å². The van der Waals surface area contributed by atoms with E-state index in [2.05, 4.69) is 0 Å². The molecule has 0 fully saturated rings. The molecule has 0 atom stereocenters. The molecular weight excluding hydrogens is 264 g/mol. The number of aliphatic carboxylic acids is 1. The molecule has 0 saturated heterocycles. The number of rotatable bonds is 8. The second-order valence-electron chi connectivity index (χ2n) is 4.12. The van der Waals surface area contributed by atoms with Crippen molar-refractivity contribution in [2.45, 2.75) is 26.2 Å². The number of carbonyl (C=O) groups is 3. The largest absolute Gasteiger partial charge is 0.493 e. The highest BCUT2D eigenvalue weighted by atomic mass is 16.5. The molecule has 2 N–H and O–H groups in total. The lowest BCUT2D eigenvalue weighted by Gasteiger charge is -2.08. The van der Waals surface area contributed by atoms with Gasteiger partial charge in [-0.1, -0.05) is 0 Å². The zero-order chi connectivity index (χ0) is 15.1. The first-order chi connectivity index (χ1) is 9.45. The zero-order valence-corrected chi connectivity index (χ0v) is 11.1. The molecule has 0 spiro atoms. The Labute approximate surface area is 116 Å². The Balaban J connectivity index is 2.85. The van der Waals surface area contributed by atoms with Crippen LogP contribution < -0.4 is 4.74 Å². The van der Waals surface area contributed by atoms with Crippen LogP contribution in [0.15, 0.2) is 18.2 Å². The van der Waals surface area contributed by atoms with E-state index in [0.29, 0.717) is 6.61 Å². The molecule has 0 aromatic heterocycles. The number of benzene rings is 1. The summed E-state index contributed by atoms with van der Waals surface area (Å²) >= 11 is 0. The molecule has 0 bridgehead atoms. The second-order valence-corrected chi connectivity index (χ2v) is 4.12. The Morgan fingerprint density at radius 3 is 2.40 bits per heavy atom. The number of carboxylic acids is 2. The maximum Gasteiger partial charge on any atom is 0.339 e. The number of carbonyl (C=O) groups excluding carboxylic acids is 1. The third kappa shape index (κ3) is 4.38. The Morgan fingerprint density at radius 2 is 1.85 bits per heavy atom. The minimum atomic E-state index is -1.17. The monoisotopic (exact) mass is 280 g/mol. The normalized spacial score (nSPS) is 10.1. The van der Waals surface area contributed by atoms with Crippen LogP contribution >= 0.6 is 0 Å². The Bertz CT molecular complexity index is 520. The molecule has 1 aromatic carbocycles. The van der Waals surface area contributed by atoms with Crippen molar-refractivity contribution >= 4 is 17.7 Å². The van der Waals surface area contributed by atoms with Crippen LogP contribution in [0.1, 0.15) is 46.9 Å². The lowest BCUT2D eigenvalue weighted by molar-refractivity contribution is -0.137. The maximum absolute atomic E-state index is 11.8. The number of carboxylic acid groups (broad SMARTS) is 2. The molecule has 0 unspecified atom stereocenters. The fraction of sp³-hybridized carbons (Fsp3) is 0.357. The summed E-state index contributed by atoms with van der Waals surface area (Å²) in [5.41, 5.74) is 0.173. The van der Waals surface area contributed by atoms with E-state index in [1.165, 1.54) is 18.2 Å². The van der Waals surface area contributed by atoms with Gasteiger partial charge in [-0.15, -0.1) is 0 Å². The molecule has 1 rings (SSSR count). The third-order valence-electron chi connectivity index (χ3n) is 2.63. The van der Waals surface area contributed by atoms with Crippen molar-refractivity contribution in [2.24, 2.45) is 0 Å². The molecule has 108 valence electrons. The van der Waals surface area contributed by atoms with Gasteiger partial charge >= 0.3 is 11.9 Å². The number of hydrogen-bond acceptors (Lipinski definition) is 4. The van der Waals surface area contributed by atoms with Gasteiger partial charge in [0, 0.05) is 18.4 Å². The van der Waals surface area contributed by atoms with Gasteiger partial charge in [0.15, 0.2) is 5.78 Å². The lowest BCUT2D eigenvalue weighted by atomic mass is 10.0. The van der Waals surface area contributed by atoms with Gasteiger partial charge in [0.2, 0.25) is 0 Å². The number of Topliss-reactive ketones (excluding diaryl/α,β-unsaturated/α-hetero) is 1. The van der Waals surface area contributed by atoms with Crippen molar-refractivity contribution in [2.75, 3.05) is 6.61 Å². The third-order valence-corrected chi connectivity index (χ3v) is 2.63. The molecule has 0 aliphatic carbocycles. The van der Waals surface area contributed by atoms with Gasteiger partial charge in [-0.25, -0.2) is 4.79 Å². The smallest absolute Gasteiger partial charge is 0.339 e. The van der Waals surface area contributed by atoms with Crippen LogP contribution in [0, 0.1) is 0 Å². The first-order valence-electron chi connectivity index (χ1n) is 6.20. The predicted octanol–water partition coefficient (Wildman–Crippen LogP) is 2.22. The Kier molecular flexibility index (Phi) is 5.71. The van der Waals surface area contributed by atoms with Crippen molar-refractivity contribution < 1.29 is 29.3 Å². The lowest BCUT2D eigenvalue weighted by Crippen LogP contribution is -2.07. The summed E-state index contributed by atoms with van der Waals surface area (Å²) in [5.74, 6) is -2.21. The average molecular weight is 280 g/mol. The molecule has 0 radical (unpaired) electrons. The SMILES string of the molecule is CCOc1ccc(C(=O)CCCC(=O)O)cc1C(=O)O. The van der Waals surface area contributed by atoms with Gasteiger partial charge in [0.1, 0.15) is 11.3 Å². The van der Waals surface area contributed by atoms with E-state index in [4.69, 9.17) is 14.9 Å². The molecule has 0 aliphatic heterocycles. The molecule has 0 saturated carbocycles. The first kappa shape index (κ1) is 15.7. The quantitative estimate of drug-likeness (QED) is 0.708. The summed E-state index contributed by atoms with van der Waals surface area (Å²) in [6.07, 6.45) is 0.206. The molecule has 0 amide bonds. The van der Waals surface area contributed by atoms with E-state index < -0.39 is 11.9 Å². The van der Waals surface area contributed by atoms with E-state index in [1.54, 1.807) is 6.92 Å². The molecule has 6 nitrogen and oxygen atoms in total. The van der Waals surface area contributed by atoms with Crippen LogP contribution in [0.25, 0.3) is 0 Å². The molecule has 1 aromatic rings. The van der Waals surface area contributed by atoms with Crippen molar-refractivity contribution in [3.63, 3.8) is 0 Å². The first-order valence-corrected chi connectivity index (χ1v) is 6.20. The van der Waals surface area contributed by atoms with Crippen LogP contribution in [0.4, 0.5) is 0 Å². The maximum atomic E-state index is 11.8. The summed E-state index contributed by atoms with van der Waals surface area (Å²) in [7, 11) is 0. The summed E-state index contributed by atoms with van der Waals surface area (Å²) < 4.78 is 5.18. The highest BCUT2D eigenvalue weighted by molar-refractivity contribution is 6.00. The van der Waals surface area contributed by atoms with Crippen molar-refractivity contribution in [1.29, 1.82) is 0 Å². The van der Waals surface area contributed by atoms with Crippen LogP contribution in [-0.4, -0.2) is 34.5 Å². The van der Waals surface area contributed by atoms with E-state index in [-0.39, 0.29) is 41.9 Å². The standard InChI is InChI=1S/C14H16O6/c1-2-20-12-7-6-9(8-10(12)14(18)19)11(15)4-3-5-13(16)17/h6-8H,2-5H2,1H3,(H,16,17)(H,18,19). The second kappa shape index (κ2) is 7.28. The zero-order valence-electron chi connectivity index (χ0n) is 11.1. The number of ketones is 1. The summed E-state index contributed by atoms with van der Waals surface area (Å²) in [6, 6.07) is 4.19. The minimum absolute atomic E-state index is 0.0688. The van der Waals surface area contributed by atoms with E-state index in [0.717, 1.165) is 0 Å². The van der Waals surface area contributed by atoms with E-state index in [9.17, 15) is 14.4 Å². The summed E-state index contributed by atoms with van der Waals surface area (Å²) in [4.78, 5) is 33.3. The molecular formula is C14H16O6. The van der Waals surface area contributed by atoms with E-state index in [1.807, 2.05) is 0 Å².